The van der Waals surface area contributed by atoms with Crippen LogP contribution in [0.5, 0.6) is 0 Å². The minimum atomic E-state index is -0.833. The van der Waals surface area contributed by atoms with E-state index in [-0.39, 0.29) is 13.2 Å². The summed E-state index contributed by atoms with van der Waals surface area (Å²) in [5.41, 5.74) is 1.05. The molecule has 124 valence electrons. The van der Waals surface area contributed by atoms with Crippen molar-refractivity contribution in [1.82, 2.24) is 0 Å². The zero-order valence-electron chi connectivity index (χ0n) is 13.2. The van der Waals surface area contributed by atoms with Gasteiger partial charge in [0.1, 0.15) is 0 Å². The second-order valence-electron chi connectivity index (χ2n) is 4.30. The van der Waals surface area contributed by atoms with Crippen LogP contribution in [0.3, 0.4) is 0 Å². The molecule has 0 aliphatic carbocycles. The first kappa shape index (κ1) is 18.8. The molecule has 0 amide bonds. The predicted molar refractivity (Wildman–Crippen MR) is 89.8 cm³/mol. The van der Waals surface area contributed by atoms with Gasteiger partial charge in [0.2, 0.25) is 5.76 Å². The van der Waals surface area contributed by atoms with Gasteiger partial charge in [0.25, 0.3) is 0 Å². The number of hydrogen-bond donors (Lipinski definition) is 1. The molecule has 0 unspecified atom stereocenters. The Hall–Kier alpha value is -2.21. The molecule has 0 bridgehead atoms. The Balaban J connectivity index is 2.83. The summed E-state index contributed by atoms with van der Waals surface area (Å²) >= 11 is 1.27. The molecule has 6 heteroatoms. The van der Waals surface area contributed by atoms with Gasteiger partial charge < -0.3 is 14.6 Å². The average Bonchev–Trinajstić information content (AvgIpc) is 2.56. The number of carbonyl (C=O) groups excluding carboxylic acids is 2. The molecule has 5 nitrogen and oxygen atoms in total. The maximum atomic E-state index is 11.9. The lowest BCUT2D eigenvalue weighted by Gasteiger charge is -2.06. The average molecular weight is 336 g/mol. The molecule has 0 atom stereocenters. The maximum Gasteiger partial charge on any atom is 0.373 e. The van der Waals surface area contributed by atoms with E-state index in [4.69, 9.17) is 4.74 Å². The van der Waals surface area contributed by atoms with Crippen LogP contribution in [0.4, 0.5) is 0 Å². The summed E-state index contributed by atoms with van der Waals surface area (Å²) in [5.74, 6) is -1.32. The number of aliphatic hydroxyl groups excluding tert-OH is 1. The summed E-state index contributed by atoms with van der Waals surface area (Å²) < 4.78 is 9.64. The van der Waals surface area contributed by atoms with Gasteiger partial charge in [-0.3, -0.25) is 0 Å². The van der Waals surface area contributed by atoms with Gasteiger partial charge in [0.05, 0.1) is 18.1 Å². The van der Waals surface area contributed by atoms with Crippen molar-refractivity contribution in [2.24, 2.45) is 0 Å². The summed E-state index contributed by atoms with van der Waals surface area (Å²) in [7, 11) is 0. The molecule has 0 fully saturated rings. The van der Waals surface area contributed by atoms with Gasteiger partial charge in [-0.15, -0.1) is 11.8 Å². The van der Waals surface area contributed by atoms with Gasteiger partial charge in [-0.25, -0.2) is 9.59 Å². The Kier molecular flexibility index (Phi) is 8.60. The Bertz CT molecular complexity index is 578. The van der Waals surface area contributed by atoms with Gasteiger partial charge in [-0.2, -0.15) is 0 Å². The first-order valence-electron chi connectivity index (χ1n) is 7.20. The molecule has 0 heterocycles. The quantitative estimate of drug-likeness (QED) is 0.340. The maximum absolute atomic E-state index is 11.9. The number of carbonyl (C=O) groups is 2. The van der Waals surface area contributed by atoms with Crippen LogP contribution in [0.1, 0.15) is 19.4 Å². The molecule has 0 spiro atoms. The summed E-state index contributed by atoms with van der Waals surface area (Å²) in [6.45, 7) is 3.76. The van der Waals surface area contributed by atoms with Crippen LogP contribution in [-0.4, -0.2) is 30.3 Å². The molecule has 0 radical (unpaired) electrons. The van der Waals surface area contributed by atoms with E-state index < -0.39 is 17.7 Å². The van der Waals surface area contributed by atoms with Crippen LogP contribution >= 0.6 is 11.8 Å². The van der Waals surface area contributed by atoms with Crippen LogP contribution in [0, 0.1) is 0 Å². The molecule has 1 aromatic rings. The van der Waals surface area contributed by atoms with Crippen molar-refractivity contribution < 1.29 is 24.2 Å². The van der Waals surface area contributed by atoms with Gasteiger partial charge in [0, 0.05) is 5.75 Å². The lowest BCUT2D eigenvalue weighted by molar-refractivity contribution is -0.141. The highest BCUT2D eigenvalue weighted by atomic mass is 32.2. The summed E-state index contributed by atoms with van der Waals surface area (Å²) in [5, 5.41) is 9.58. The minimum Gasteiger partial charge on any atom is -0.502 e. The largest absolute Gasteiger partial charge is 0.502 e. The standard InChI is InChI=1S/C17H20O5S/c1-3-21-16(19)14(18)10-11-15(17(20)22-4-2)23-12-13-8-6-5-7-9-13/h5-11,18H,3-4,12H2,1-2H3/b14-10-,15-11+. The molecule has 0 saturated carbocycles. The molecular weight excluding hydrogens is 316 g/mol. The van der Waals surface area contributed by atoms with Crippen molar-refractivity contribution in [3.05, 3.63) is 58.7 Å². The highest BCUT2D eigenvalue weighted by Crippen LogP contribution is 2.23. The molecular formula is C17H20O5S. The molecule has 23 heavy (non-hydrogen) atoms. The second kappa shape index (κ2) is 10.5. The predicted octanol–water partition coefficient (Wildman–Crippen LogP) is 3.37. The van der Waals surface area contributed by atoms with E-state index in [1.807, 2.05) is 30.3 Å². The normalized spacial score (nSPS) is 11.9. The van der Waals surface area contributed by atoms with Crippen molar-refractivity contribution in [2.75, 3.05) is 13.2 Å². The van der Waals surface area contributed by atoms with Crippen LogP contribution in [0.25, 0.3) is 0 Å². The van der Waals surface area contributed by atoms with E-state index in [1.54, 1.807) is 13.8 Å². The van der Waals surface area contributed by atoms with Crippen molar-refractivity contribution in [3.63, 3.8) is 0 Å². The first-order chi connectivity index (χ1) is 11.1. The molecule has 0 aliphatic heterocycles. The Labute approximate surface area is 140 Å². The van der Waals surface area contributed by atoms with Gasteiger partial charge >= 0.3 is 11.9 Å². The number of hydrogen-bond acceptors (Lipinski definition) is 6. The molecule has 1 rings (SSSR count). The van der Waals surface area contributed by atoms with Crippen molar-refractivity contribution in [3.8, 4) is 0 Å². The zero-order valence-corrected chi connectivity index (χ0v) is 14.0. The lowest BCUT2D eigenvalue weighted by atomic mass is 10.2. The Morgan fingerprint density at radius 1 is 1.04 bits per heavy atom. The fourth-order valence-electron chi connectivity index (χ4n) is 1.54. The third-order valence-corrected chi connectivity index (χ3v) is 3.68. The van der Waals surface area contributed by atoms with E-state index in [0.717, 1.165) is 11.6 Å². The molecule has 0 saturated heterocycles. The van der Waals surface area contributed by atoms with Crippen molar-refractivity contribution >= 4 is 23.7 Å². The van der Waals surface area contributed by atoms with Gasteiger partial charge in [0.15, 0.2) is 0 Å². The third-order valence-electron chi connectivity index (χ3n) is 2.59. The summed E-state index contributed by atoms with van der Waals surface area (Å²) in [6, 6.07) is 9.63. The lowest BCUT2D eigenvalue weighted by Crippen LogP contribution is -2.08. The topological polar surface area (TPSA) is 72.8 Å². The number of allylic oxidation sites excluding steroid dienone is 2. The summed E-state index contributed by atoms with van der Waals surface area (Å²) in [6.07, 6.45) is 2.50. The van der Waals surface area contributed by atoms with Crippen LogP contribution < -0.4 is 0 Å². The van der Waals surface area contributed by atoms with E-state index in [1.165, 1.54) is 17.8 Å². The fraction of sp³-hybridized carbons (Fsp3) is 0.294. The van der Waals surface area contributed by atoms with E-state index in [0.29, 0.717) is 10.7 Å². The number of thioether (sulfide) groups is 1. The molecule has 1 N–H and O–H groups in total. The van der Waals surface area contributed by atoms with Crippen LogP contribution in [0.2, 0.25) is 0 Å². The van der Waals surface area contributed by atoms with Crippen molar-refractivity contribution in [2.45, 2.75) is 19.6 Å². The minimum absolute atomic E-state index is 0.161. The zero-order chi connectivity index (χ0) is 17.1. The molecule has 0 aromatic heterocycles. The monoisotopic (exact) mass is 336 g/mol. The second-order valence-corrected chi connectivity index (χ2v) is 5.32. The van der Waals surface area contributed by atoms with Gasteiger partial charge in [-0.1, -0.05) is 30.3 Å². The summed E-state index contributed by atoms with van der Waals surface area (Å²) in [4.78, 5) is 23.6. The van der Waals surface area contributed by atoms with Crippen LogP contribution in [-0.2, 0) is 24.8 Å². The number of rotatable bonds is 8. The number of benzene rings is 1. The van der Waals surface area contributed by atoms with E-state index in [9.17, 15) is 14.7 Å². The Morgan fingerprint density at radius 2 is 1.65 bits per heavy atom. The van der Waals surface area contributed by atoms with Crippen LogP contribution in [0.15, 0.2) is 53.1 Å². The van der Waals surface area contributed by atoms with E-state index in [2.05, 4.69) is 4.74 Å². The number of ether oxygens (including phenoxy) is 2. The van der Waals surface area contributed by atoms with E-state index >= 15 is 0 Å². The highest BCUT2D eigenvalue weighted by Gasteiger charge is 2.12. The highest BCUT2D eigenvalue weighted by molar-refractivity contribution is 8.03. The third kappa shape index (κ3) is 7.06. The molecule has 0 aliphatic rings. The molecule has 1 aromatic carbocycles. The Morgan fingerprint density at radius 3 is 2.26 bits per heavy atom. The first-order valence-corrected chi connectivity index (χ1v) is 8.18. The van der Waals surface area contributed by atoms with Gasteiger partial charge in [-0.05, 0) is 31.6 Å². The number of aliphatic hydroxyl groups is 1. The smallest absolute Gasteiger partial charge is 0.373 e. The number of esters is 2. The fourth-order valence-corrected chi connectivity index (χ4v) is 2.40. The SMILES string of the molecule is CCOC(=O)/C(O)=C/C=C(/SCc1ccccc1)C(=O)OCC. The van der Waals surface area contributed by atoms with Crippen molar-refractivity contribution in [1.29, 1.82) is 0 Å².